The van der Waals surface area contributed by atoms with Gasteiger partial charge in [-0.15, -0.1) is 0 Å². The van der Waals surface area contributed by atoms with Crippen molar-refractivity contribution in [3.05, 3.63) is 0 Å². The minimum Gasteiger partial charge on any atom is -0.743 e. The Bertz CT molecular complexity index is 556. The zero-order valence-corrected chi connectivity index (χ0v) is 16.5. The molecular weight excluding hydrogens is 433 g/mol. The van der Waals surface area contributed by atoms with Crippen LogP contribution < -0.4 is 0 Å². The van der Waals surface area contributed by atoms with Gasteiger partial charge in [0.2, 0.25) is 0 Å². The van der Waals surface area contributed by atoms with E-state index in [4.69, 9.17) is 0 Å². The van der Waals surface area contributed by atoms with Gasteiger partial charge in [0.1, 0.15) is 0 Å². The first-order valence-corrected chi connectivity index (χ1v) is 9.61. The summed E-state index contributed by atoms with van der Waals surface area (Å²) in [5.41, 5.74) is 0. The third-order valence-corrected chi connectivity index (χ3v) is 5.43. The van der Waals surface area contributed by atoms with Crippen molar-refractivity contribution in [2.75, 3.05) is 26.2 Å². The summed E-state index contributed by atoms with van der Waals surface area (Å²) in [6, 6.07) is 0. The van der Waals surface area contributed by atoms with Crippen molar-refractivity contribution in [2.45, 2.75) is 63.8 Å². The van der Waals surface area contributed by atoms with Crippen molar-refractivity contribution < 1.29 is 57.0 Å². The second-order valence-electron chi connectivity index (χ2n) is 5.97. The summed E-state index contributed by atoms with van der Waals surface area (Å²) < 4.78 is 141. The van der Waals surface area contributed by atoms with E-state index in [1.54, 1.807) is 0 Å². The van der Waals surface area contributed by atoms with Gasteiger partial charge >= 0.3 is 23.3 Å². The van der Waals surface area contributed by atoms with Crippen molar-refractivity contribution >= 4 is 10.1 Å². The Hall–Kier alpha value is -0.760. The molecule has 0 aliphatic carbocycles. The summed E-state index contributed by atoms with van der Waals surface area (Å²) in [5.74, 6) is -12.8. The fraction of sp³-hybridized carbons (Fsp3) is 1.00. The molecule has 0 N–H and O–H groups in total. The molecule has 0 bridgehead atoms. The number of hydrogen-bond acceptors (Lipinski definition) is 3. The quantitative estimate of drug-likeness (QED) is 0.289. The van der Waals surface area contributed by atoms with E-state index in [1.165, 1.54) is 30.7 Å². The van der Waals surface area contributed by atoms with E-state index < -0.39 is 46.2 Å². The second kappa shape index (κ2) is 9.83. The van der Waals surface area contributed by atoms with Gasteiger partial charge in [-0.1, -0.05) is 0 Å². The lowest BCUT2D eigenvalue weighted by Crippen LogP contribution is -2.57. The SMILES string of the molecule is CC[N+](CC)(CC)CC.O=S(=O)([O-])C(F)(F)C(F)(F)C(F)(F)CCC(F)(F)F. The molecule has 0 amide bonds. The average molecular weight is 457 g/mol. The van der Waals surface area contributed by atoms with Gasteiger partial charge in [-0.3, -0.25) is 0 Å². The third-order valence-electron chi connectivity index (χ3n) is 4.54. The first-order valence-electron chi connectivity index (χ1n) is 8.21. The maximum Gasteiger partial charge on any atom is 0.402 e. The van der Waals surface area contributed by atoms with Crippen LogP contribution in [0.4, 0.5) is 39.5 Å². The minimum absolute atomic E-state index is 1.28. The number of halogens is 9. The highest BCUT2D eigenvalue weighted by Gasteiger charge is 2.74. The van der Waals surface area contributed by atoms with E-state index in [2.05, 4.69) is 27.7 Å². The van der Waals surface area contributed by atoms with Crippen molar-refractivity contribution in [1.29, 1.82) is 0 Å². The number of alkyl halides is 9. The van der Waals surface area contributed by atoms with Gasteiger partial charge in [-0.05, 0) is 27.7 Å². The molecule has 0 radical (unpaired) electrons. The van der Waals surface area contributed by atoms with Crippen LogP contribution in [-0.4, -0.2) is 66.9 Å². The Morgan fingerprint density at radius 2 is 1.04 bits per heavy atom. The van der Waals surface area contributed by atoms with Crippen LogP contribution in [0.2, 0.25) is 0 Å². The molecule has 0 aliphatic heterocycles. The lowest BCUT2D eigenvalue weighted by atomic mass is 10.1. The maximum atomic E-state index is 12.6. The van der Waals surface area contributed by atoms with E-state index >= 15 is 0 Å². The van der Waals surface area contributed by atoms with Gasteiger partial charge in [0, 0.05) is 12.8 Å². The smallest absolute Gasteiger partial charge is 0.402 e. The van der Waals surface area contributed by atoms with E-state index in [1.807, 2.05) is 0 Å². The van der Waals surface area contributed by atoms with Crippen LogP contribution in [0.25, 0.3) is 0 Å². The lowest BCUT2D eigenvalue weighted by Gasteiger charge is -2.34. The molecule has 0 heterocycles. The van der Waals surface area contributed by atoms with Gasteiger partial charge in [0.05, 0.1) is 26.2 Å². The molecule has 4 nitrogen and oxygen atoms in total. The highest BCUT2D eigenvalue weighted by atomic mass is 32.2. The average Bonchev–Trinajstić information content (AvgIpc) is 2.54. The van der Waals surface area contributed by atoms with Gasteiger partial charge in [0.25, 0.3) is 0 Å². The summed E-state index contributed by atoms with van der Waals surface area (Å²) in [5, 5.41) is -6.74. The van der Waals surface area contributed by atoms with E-state index in [0.29, 0.717) is 0 Å². The van der Waals surface area contributed by atoms with Crippen LogP contribution in [-0.2, 0) is 10.1 Å². The molecule has 0 aromatic carbocycles. The van der Waals surface area contributed by atoms with Crippen LogP contribution in [0, 0.1) is 0 Å². The number of hydrogen-bond donors (Lipinski definition) is 0. The fourth-order valence-electron chi connectivity index (χ4n) is 2.17. The predicted octanol–water partition coefficient (Wildman–Crippen LogP) is 4.62. The molecule has 0 rings (SSSR count). The Morgan fingerprint density at radius 3 is 1.21 bits per heavy atom. The Labute approximate surface area is 158 Å². The van der Waals surface area contributed by atoms with Gasteiger partial charge < -0.3 is 9.04 Å². The van der Waals surface area contributed by atoms with Crippen LogP contribution in [0.1, 0.15) is 40.5 Å². The molecule has 0 aliphatic rings. The first kappa shape index (κ1) is 29.4. The Balaban J connectivity index is 0. The monoisotopic (exact) mass is 457 g/mol. The van der Waals surface area contributed by atoms with E-state index in [9.17, 15) is 52.5 Å². The molecule has 0 atom stereocenters. The summed E-state index contributed by atoms with van der Waals surface area (Å²) in [6.07, 6.45) is -10.7. The zero-order valence-electron chi connectivity index (χ0n) is 15.7. The van der Waals surface area contributed by atoms with Gasteiger partial charge in [-0.25, -0.2) is 8.42 Å². The third kappa shape index (κ3) is 7.25. The zero-order chi connectivity index (χ0) is 23.2. The molecule has 0 unspecified atom stereocenters. The summed E-state index contributed by atoms with van der Waals surface area (Å²) in [4.78, 5) is 0. The van der Waals surface area contributed by atoms with Crippen LogP contribution in [0.15, 0.2) is 0 Å². The van der Waals surface area contributed by atoms with Crippen molar-refractivity contribution in [3.8, 4) is 0 Å². The van der Waals surface area contributed by atoms with Gasteiger partial charge in [0.15, 0.2) is 10.1 Å². The predicted molar refractivity (Wildman–Crippen MR) is 82.3 cm³/mol. The lowest BCUT2D eigenvalue weighted by molar-refractivity contribution is -0.921. The summed E-state index contributed by atoms with van der Waals surface area (Å²) in [6.45, 7) is 14.2. The van der Waals surface area contributed by atoms with E-state index in [0.717, 1.165) is 0 Å². The molecule has 14 heteroatoms. The Kier molecular flexibility index (Phi) is 10.3. The molecular formula is C14H24F9NO3S. The van der Waals surface area contributed by atoms with Crippen molar-refractivity contribution in [2.24, 2.45) is 0 Å². The second-order valence-corrected chi connectivity index (χ2v) is 7.39. The fourth-order valence-corrected chi connectivity index (χ4v) is 2.63. The standard InChI is InChI=1S/C8H20N.C6H5F9O3S/c1-5-9(6-2,7-3)8-4;7-3(8,1-2-4(9,10)11)5(12,13)6(14,15)19(16,17)18/h5-8H2,1-4H3;1-2H2,(H,16,17,18)/q+1;/p-1. The number of quaternary nitrogens is 1. The molecule has 0 saturated heterocycles. The Morgan fingerprint density at radius 1 is 0.714 bits per heavy atom. The van der Waals surface area contributed by atoms with Gasteiger partial charge in [-0.2, -0.15) is 39.5 Å². The van der Waals surface area contributed by atoms with Crippen molar-refractivity contribution in [1.82, 2.24) is 0 Å². The van der Waals surface area contributed by atoms with E-state index in [-0.39, 0.29) is 0 Å². The topological polar surface area (TPSA) is 57.2 Å². The highest BCUT2D eigenvalue weighted by molar-refractivity contribution is 7.86. The molecule has 0 saturated carbocycles. The summed E-state index contributed by atoms with van der Waals surface area (Å²) >= 11 is 0. The first-order chi connectivity index (χ1) is 12.2. The molecule has 28 heavy (non-hydrogen) atoms. The molecule has 172 valence electrons. The van der Waals surface area contributed by atoms with Crippen LogP contribution >= 0.6 is 0 Å². The molecule has 0 aromatic rings. The maximum absolute atomic E-state index is 12.6. The van der Waals surface area contributed by atoms with Crippen molar-refractivity contribution in [3.63, 3.8) is 0 Å². The minimum atomic E-state index is -7.19. The molecule has 0 aromatic heterocycles. The number of nitrogens with zero attached hydrogens (tertiary/aromatic N) is 1. The molecule has 0 fully saturated rings. The number of rotatable bonds is 9. The highest BCUT2D eigenvalue weighted by Crippen LogP contribution is 2.50. The molecule has 0 spiro atoms. The summed E-state index contributed by atoms with van der Waals surface area (Å²) in [7, 11) is -7.19. The largest absolute Gasteiger partial charge is 0.743 e. The normalized spacial score (nSPS) is 14.5. The van der Waals surface area contributed by atoms with Crippen LogP contribution in [0.3, 0.4) is 0 Å². The van der Waals surface area contributed by atoms with Crippen LogP contribution in [0.5, 0.6) is 0 Å².